The normalized spacial score (nSPS) is 15.2. The number of halogens is 1. The molecule has 5 rings (SSSR count). The number of nitriles is 1. The fraction of sp³-hybridized carbons (Fsp3) is 0.0800. The average molecular weight is 443 g/mol. The first-order valence-electron chi connectivity index (χ1n) is 9.92. The molecule has 32 heavy (non-hydrogen) atoms. The van der Waals surface area contributed by atoms with Crippen LogP contribution in [-0.2, 0) is 6.54 Å². The third-order valence-corrected chi connectivity index (χ3v) is 5.90. The number of nitrogens with zero attached hydrogens (tertiary/aromatic N) is 2. The highest BCUT2D eigenvalue weighted by Gasteiger charge is 2.35. The Hall–Kier alpha value is -4.08. The van der Waals surface area contributed by atoms with Crippen molar-refractivity contribution < 1.29 is 13.7 Å². The monoisotopic (exact) mass is 442 g/mol. The number of ether oxygens (including phenoxy) is 1. The van der Waals surface area contributed by atoms with Gasteiger partial charge in [-0.3, -0.25) is 0 Å². The number of nitrogens with two attached hydrogens (primary N) is 1. The molecule has 1 aliphatic rings. The Morgan fingerprint density at radius 1 is 1.06 bits per heavy atom. The molecule has 0 radical (unpaired) electrons. The Morgan fingerprint density at radius 3 is 2.53 bits per heavy atom. The summed E-state index contributed by atoms with van der Waals surface area (Å²) in [5.74, 6) is -0.390. The molecule has 2 N–H and O–H groups in total. The van der Waals surface area contributed by atoms with Crippen LogP contribution >= 0.6 is 11.6 Å². The van der Waals surface area contributed by atoms with Crippen LogP contribution in [0, 0.1) is 11.3 Å². The number of rotatable bonds is 3. The van der Waals surface area contributed by atoms with Gasteiger partial charge in [0.1, 0.15) is 17.2 Å². The van der Waals surface area contributed by atoms with E-state index in [9.17, 15) is 10.1 Å². The number of hydrogen-bond acceptors (Lipinski definition) is 5. The molecular formula is C25H17ClN3O3+. The van der Waals surface area contributed by atoms with Gasteiger partial charge >= 0.3 is 5.63 Å². The first-order chi connectivity index (χ1) is 15.6. The molecule has 2 aromatic heterocycles. The molecule has 1 unspecified atom stereocenters. The molecule has 1 aliphatic heterocycles. The van der Waals surface area contributed by atoms with Gasteiger partial charge in [0.2, 0.25) is 5.88 Å². The zero-order valence-corrected chi connectivity index (χ0v) is 17.5. The van der Waals surface area contributed by atoms with Crippen molar-refractivity contribution in [3.63, 3.8) is 0 Å². The van der Waals surface area contributed by atoms with E-state index in [4.69, 9.17) is 26.5 Å². The SMILES string of the molecule is N#CC1=C(N)Oc2c(c(=O)oc3ccccc23)C1c1cc[n+](Cc2ccccc2Cl)cc1. The van der Waals surface area contributed by atoms with Crippen molar-refractivity contribution in [2.24, 2.45) is 5.73 Å². The van der Waals surface area contributed by atoms with Gasteiger partial charge in [-0.15, -0.1) is 0 Å². The van der Waals surface area contributed by atoms with E-state index in [-0.39, 0.29) is 17.0 Å². The first kappa shape index (κ1) is 19.9. The van der Waals surface area contributed by atoms with Gasteiger partial charge in [-0.05, 0) is 23.8 Å². The summed E-state index contributed by atoms with van der Waals surface area (Å²) in [6.45, 7) is 0.584. The maximum absolute atomic E-state index is 12.9. The van der Waals surface area contributed by atoms with Crippen molar-refractivity contribution >= 4 is 22.6 Å². The van der Waals surface area contributed by atoms with Crippen LogP contribution in [0.4, 0.5) is 0 Å². The van der Waals surface area contributed by atoms with Crippen LogP contribution in [0.2, 0.25) is 5.02 Å². The summed E-state index contributed by atoms with van der Waals surface area (Å²) in [6.07, 6.45) is 3.75. The molecule has 0 aliphatic carbocycles. The van der Waals surface area contributed by atoms with E-state index in [2.05, 4.69) is 6.07 Å². The van der Waals surface area contributed by atoms with Crippen molar-refractivity contribution in [1.29, 1.82) is 5.26 Å². The second kappa shape index (κ2) is 7.88. The number of allylic oxidation sites excluding steroid dienone is 1. The molecule has 0 saturated heterocycles. The molecule has 7 heteroatoms. The number of para-hydroxylation sites is 1. The first-order valence-corrected chi connectivity index (χ1v) is 10.3. The van der Waals surface area contributed by atoms with Gasteiger partial charge in [-0.25, -0.2) is 9.36 Å². The molecule has 1 atom stereocenters. The molecular weight excluding hydrogens is 426 g/mol. The van der Waals surface area contributed by atoms with Crippen LogP contribution in [0.1, 0.15) is 22.6 Å². The summed E-state index contributed by atoms with van der Waals surface area (Å²) in [5, 5.41) is 11.1. The standard InChI is InChI=1S/C25H17ClN3O3/c26-19-7-3-1-5-16(19)14-29-11-9-15(10-12-29)21-18(13-27)24(28)32-23-17-6-2-4-8-20(17)31-25(30)22(21)23/h1-12,21H,14,28H2/q+1. The zero-order chi connectivity index (χ0) is 22.2. The van der Waals surface area contributed by atoms with Gasteiger partial charge in [0.05, 0.1) is 21.9 Å². The highest BCUT2D eigenvalue weighted by atomic mass is 35.5. The van der Waals surface area contributed by atoms with E-state index in [0.717, 1.165) is 11.1 Å². The average Bonchev–Trinajstić information content (AvgIpc) is 2.80. The van der Waals surface area contributed by atoms with Gasteiger partial charge in [-0.1, -0.05) is 41.9 Å². The summed E-state index contributed by atoms with van der Waals surface area (Å²) in [7, 11) is 0. The minimum Gasteiger partial charge on any atom is -0.439 e. The summed E-state index contributed by atoms with van der Waals surface area (Å²) < 4.78 is 13.2. The Labute approximate surface area is 188 Å². The fourth-order valence-corrected chi connectivity index (χ4v) is 4.18. The van der Waals surface area contributed by atoms with E-state index in [1.807, 2.05) is 59.4 Å². The zero-order valence-electron chi connectivity index (χ0n) is 16.8. The fourth-order valence-electron chi connectivity index (χ4n) is 3.99. The lowest BCUT2D eigenvalue weighted by molar-refractivity contribution is -0.688. The summed E-state index contributed by atoms with van der Waals surface area (Å²) in [5.41, 5.74) is 8.09. The number of hydrogen-bond donors (Lipinski definition) is 1. The van der Waals surface area contributed by atoms with Crippen LogP contribution in [0.15, 0.2) is 93.7 Å². The van der Waals surface area contributed by atoms with Crippen molar-refractivity contribution in [2.75, 3.05) is 0 Å². The molecule has 0 fully saturated rings. The summed E-state index contributed by atoms with van der Waals surface area (Å²) in [6, 6.07) is 20.5. The number of pyridine rings is 1. The van der Waals surface area contributed by atoms with Crippen molar-refractivity contribution in [3.05, 3.63) is 117 Å². The maximum Gasteiger partial charge on any atom is 0.344 e. The number of aromatic nitrogens is 1. The van der Waals surface area contributed by atoms with Crippen molar-refractivity contribution in [1.82, 2.24) is 0 Å². The Kier molecular flexibility index (Phi) is 4.89. The smallest absolute Gasteiger partial charge is 0.344 e. The van der Waals surface area contributed by atoms with E-state index in [0.29, 0.717) is 28.3 Å². The molecule has 0 amide bonds. The maximum atomic E-state index is 12.9. The lowest BCUT2D eigenvalue weighted by Gasteiger charge is -2.25. The second-order valence-corrected chi connectivity index (χ2v) is 7.86. The second-order valence-electron chi connectivity index (χ2n) is 7.45. The predicted molar refractivity (Wildman–Crippen MR) is 119 cm³/mol. The third-order valence-electron chi connectivity index (χ3n) is 5.54. The lowest BCUT2D eigenvalue weighted by Crippen LogP contribution is -2.34. The van der Waals surface area contributed by atoms with Gasteiger partial charge in [-0.2, -0.15) is 5.26 Å². The van der Waals surface area contributed by atoms with Crippen LogP contribution < -0.4 is 20.7 Å². The predicted octanol–water partition coefficient (Wildman–Crippen LogP) is 4.00. The van der Waals surface area contributed by atoms with E-state index < -0.39 is 11.5 Å². The van der Waals surface area contributed by atoms with Crippen LogP contribution in [0.25, 0.3) is 11.0 Å². The Morgan fingerprint density at radius 2 is 1.78 bits per heavy atom. The minimum absolute atomic E-state index is 0.0199. The lowest BCUT2D eigenvalue weighted by atomic mass is 9.84. The largest absolute Gasteiger partial charge is 0.439 e. The molecule has 6 nitrogen and oxygen atoms in total. The van der Waals surface area contributed by atoms with E-state index in [1.165, 1.54) is 0 Å². The molecule has 0 bridgehead atoms. The molecule has 156 valence electrons. The molecule has 4 aromatic rings. The minimum atomic E-state index is -0.695. The van der Waals surface area contributed by atoms with Gasteiger partial charge in [0.25, 0.3) is 0 Å². The summed E-state index contributed by atoms with van der Waals surface area (Å²) >= 11 is 6.27. The summed E-state index contributed by atoms with van der Waals surface area (Å²) in [4.78, 5) is 12.9. The van der Waals surface area contributed by atoms with Crippen molar-refractivity contribution in [3.8, 4) is 11.8 Å². The molecule has 2 aromatic carbocycles. The van der Waals surface area contributed by atoms with E-state index in [1.54, 1.807) is 18.2 Å². The van der Waals surface area contributed by atoms with Crippen molar-refractivity contribution in [2.45, 2.75) is 12.5 Å². The number of fused-ring (bicyclic) bond motifs is 3. The topological polar surface area (TPSA) is 93.1 Å². The van der Waals surface area contributed by atoms with E-state index >= 15 is 0 Å². The molecule has 0 saturated carbocycles. The highest BCUT2D eigenvalue weighted by Crippen LogP contribution is 2.43. The molecule has 3 heterocycles. The Bertz CT molecular complexity index is 1480. The molecule has 0 spiro atoms. The number of benzene rings is 2. The third kappa shape index (κ3) is 3.29. The van der Waals surface area contributed by atoms with Crippen LogP contribution in [0.3, 0.4) is 0 Å². The van der Waals surface area contributed by atoms with Gasteiger partial charge in [0.15, 0.2) is 24.7 Å². The van der Waals surface area contributed by atoms with Gasteiger partial charge in [0, 0.05) is 17.7 Å². The van der Waals surface area contributed by atoms with Crippen LogP contribution in [-0.4, -0.2) is 0 Å². The Balaban J connectivity index is 1.62. The highest BCUT2D eigenvalue weighted by molar-refractivity contribution is 6.31. The quantitative estimate of drug-likeness (QED) is 0.382. The van der Waals surface area contributed by atoms with Gasteiger partial charge < -0.3 is 14.9 Å². The van der Waals surface area contributed by atoms with Crippen LogP contribution in [0.5, 0.6) is 5.75 Å².